The molecule has 0 spiro atoms. The summed E-state index contributed by atoms with van der Waals surface area (Å²) in [6, 6.07) is 3.55. The van der Waals surface area contributed by atoms with Crippen LogP contribution < -0.4 is 5.32 Å². The molecule has 0 atom stereocenters. The van der Waals surface area contributed by atoms with Crippen LogP contribution >= 0.6 is 27.5 Å². The van der Waals surface area contributed by atoms with Crippen LogP contribution in [0.3, 0.4) is 0 Å². The smallest absolute Gasteiger partial charge is 0.221 e. The van der Waals surface area contributed by atoms with E-state index in [-0.39, 0.29) is 5.91 Å². The molecule has 1 aromatic rings. The number of hydrogen-bond acceptors (Lipinski definition) is 1. The Balaban J connectivity index is 3.06. The van der Waals surface area contributed by atoms with Crippen LogP contribution in [0.4, 0.5) is 5.69 Å². The summed E-state index contributed by atoms with van der Waals surface area (Å²) >= 11 is 9.27. The molecule has 70 valence electrons. The van der Waals surface area contributed by atoms with Crippen molar-refractivity contribution in [1.29, 1.82) is 0 Å². The lowest BCUT2D eigenvalue weighted by Gasteiger charge is -2.06. The molecule has 0 aliphatic heterocycles. The molecule has 0 fully saturated rings. The summed E-state index contributed by atoms with van der Waals surface area (Å²) in [6.07, 6.45) is 0. The first-order valence-electron chi connectivity index (χ1n) is 3.74. The van der Waals surface area contributed by atoms with E-state index in [4.69, 9.17) is 11.6 Å². The molecule has 0 radical (unpaired) electrons. The maximum Gasteiger partial charge on any atom is 0.221 e. The van der Waals surface area contributed by atoms with Crippen LogP contribution in [-0.4, -0.2) is 5.91 Å². The average Bonchev–Trinajstić information content (AvgIpc) is 1.98. The highest BCUT2D eigenvalue weighted by atomic mass is 79.9. The van der Waals surface area contributed by atoms with Crippen LogP contribution in [0.15, 0.2) is 16.6 Å². The van der Waals surface area contributed by atoms with Gasteiger partial charge in [-0.25, -0.2) is 0 Å². The van der Waals surface area contributed by atoms with Gasteiger partial charge in [0.05, 0.1) is 0 Å². The molecule has 0 aliphatic rings. The number of rotatable bonds is 1. The van der Waals surface area contributed by atoms with E-state index in [2.05, 4.69) is 21.2 Å². The highest BCUT2D eigenvalue weighted by Gasteiger charge is 2.03. The van der Waals surface area contributed by atoms with Crippen molar-refractivity contribution < 1.29 is 4.79 Å². The van der Waals surface area contributed by atoms with Gasteiger partial charge in [-0.3, -0.25) is 4.79 Å². The molecule has 0 bridgehead atoms. The van der Waals surface area contributed by atoms with Crippen LogP contribution in [-0.2, 0) is 4.79 Å². The molecule has 1 aromatic carbocycles. The fraction of sp³-hybridized carbons (Fsp3) is 0.222. The predicted octanol–water partition coefficient (Wildman–Crippen LogP) is 3.37. The summed E-state index contributed by atoms with van der Waals surface area (Å²) in [6.45, 7) is 3.37. The van der Waals surface area contributed by atoms with E-state index in [1.54, 1.807) is 6.07 Å². The van der Waals surface area contributed by atoms with Crippen molar-refractivity contribution in [3.8, 4) is 0 Å². The Kier molecular flexibility index (Phi) is 3.33. The van der Waals surface area contributed by atoms with Crippen molar-refractivity contribution in [3.05, 3.63) is 27.2 Å². The fourth-order valence-electron chi connectivity index (χ4n) is 0.921. The molecule has 0 unspecified atom stereocenters. The molecular weight excluding hydrogens is 253 g/mol. The van der Waals surface area contributed by atoms with Gasteiger partial charge < -0.3 is 5.32 Å². The highest BCUT2D eigenvalue weighted by Crippen LogP contribution is 2.28. The van der Waals surface area contributed by atoms with Crippen molar-refractivity contribution in [2.24, 2.45) is 0 Å². The van der Waals surface area contributed by atoms with Crippen molar-refractivity contribution in [1.82, 2.24) is 0 Å². The maximum absolute atomic E-state index is 10.8. The van der Waals surface area contributed by atoms with Gasteiger partial charge in [0.1, 0.15) is 0 Å². The molecule has 1 amide bonds. The number of halogens is 2. The molecular formula is C9H9BrClNO. The number of benzene rings is 1. The van der Waals surface area contributed by atoms with E-state index < -0.39 is 0 Å². The zero-order chi connectivity index (χ0) is 10.0. The van der Waals surface area contributed by atoms with Gasteiger partial charge in [-0.2, -0.15) is 0 Å². The summed E-state index contributed by atoms with van der Waals surface area (Å²) in [5.41, 5.74) is 1.67. The van der Waals surface area contributed by atoms with E-state index in [1.165, 1.54) is 6.92 Å². The van der Waals surface area contributed by atoms with Crippen LogP contribution in [0.5, 0.6) is 0 Å². The topological polar surface area (TPSA) is 29.1 Å². The fourth-order valence-corrected chi connectivity index (χ4v) is 1.71. The Morgan fingerprint density at radius 2 is 2.15 bits per heavy atom. The molecule has 1 N–H and O–H groups in total. The SMILES string of the molecule is CC(=O)Nc1cc(Cl)c(C)c(Br)c1. The third-order valence-electron chi connectivity index (χ3n) is 1.60. The molecule has 13 heavy (non-hydrogen) atoms. The minimum absolute atomic E-state index is 0.105. The van der Waals surface area contributed by atoms with Crippen molar-refractivity contribution in [2.75, 3.05) is 5.32 Å². The number of hydrogen-bond donors (Lipinski definition) is 1. The second kappa shape index (κ2) is 4.11. The molecule has 0 aliphatic carbocycles. The van der Waals surface area contributed by atoms with Crippen LogP contribution in [0.25, 0.3) is 0 Å². The lowest BCUT2D eigenvalue weighted by atomic mass is 10.2. The summed E-state index contributed by atoms with van der Waals surface area (Å²) in [5, 5.41) is 3.30. The summed E-state index contributed by atoms with van der Waals surface area (Å²) in [4.78, 5) is 10.8. The van der Waals surface area contributed by atoms with Gasteiger partial charge in [0, 0.05) is 22.1 Å². The highest BCUT2D eigenvalue weighted by molar-refractivity contribution is 9.10. The molecule has 4 heteroatoms. The Labute approximate surface area is 90.4 Å². The number of nitrogens with one attached hydrogen (secondary N) is 1. The van der Waals surface area contributed by atoms with E-state index in [0.717, 1.165) is 10.0 Å². The van der Waals surface area contributed by atoms with Gasteiger partial charge in [-0.15, -0.1) is 0 Å². The van der Waals surface area contributed by atoms with Gasteiger partial charge in [0.15, 0.2) is 0 Å². The van der Waals surface area contributed by atoms with Crippen molar-refractivity contribution >= 4 is 39.1 Å². The van der Waals surface area contributed by atoms with Crippen LogP contribution in [0, 0.1) is 6.92 Å². The Hall–Kier alpha value is -0.540. The van der Waals surface area contributed by atoms with Gasteiger partial charge in [-0.05, 0) is 24.6 Å². The third kappa shape index (κ3) is 2.71. The summed E-state index contributed by atoms with van der Waals surface area (Å²) < 4.78 is 0.892. The first kappa shape index (κ1) is 10.5. The third-order valence-corrected chi connectivity index (χ3v) is 2.82. The maximum atomic E-state index is 10.8. The molecule has 0 heterocycles. The van der Waals surface area contributed by atoms with Gasteiger partial charge >= 0.3 is 0 Å². The van der Waals surface area contributed by atoms with Crippen molar-refractivity contribution in [2.45, 2.75) is 13.8 Å². The first-order chi connectivity index (χ1) is 6.00. The minimum atomic E-state index is -0.105. The number of carbonyl (C=O) groups excluding carboxylic acids is 1. The lowest BCUT2D eigenvalue weighted by molar-refractivity contribution is -0.114. The second-order valence-corrected chi connectivity index (χ2v) is 4.01. The monoisotopic (exact) mass is 261 g/mol. The second-order valence-electron chi connectivity index (χ2n) is 2.75. The molecule has 0 aromatic heterocycles. The number of amides is 1. The van der Waals surface area contributed by atoms with Gasteiger partial charge in [0.2, 0.25) is 5.91 Å². The number of carbonyl (C=O) groups is 1. The largest absolute Gasteiger partial charge is 0.326 e. The van der Waals surface area contributed by atoms with E-state index in [9.17, 15) is 4.79 Å². The standard InChI is InChI=1S/C9H9BrClNO/c1-5-8(10)3-7(4-9(5)11)12-6(2)13/h3-4H,1-2H3,(H,12,13). The van der Waals surface area contributed by atoms with Crippen LogP contribution in [0.2, 0.25) is 5.02 Å². The molecule has 2 nitrogen and oxygen atoms in total. The van der Waals surface area contributed by atoms with Crippen molar-refractivity contribution in [3.63, 3.8) is 0 Å². The first-order valence-corrected chi connectivity index (χ1v) is 4.91. The van der Waals surface area contributed by atoms with E-state index in [1.807, 2.05) is 13.0 Å². The van der Waals surface area contributed by atoms with E-state index >= 15 is 0 Å². The van der Waals surface area contributed by atoms with Crippen LogP contribution in [0.1, 0.15) is 12.5 Å². The Morgan fingerprint density at radius 3 is 2.62 bits per heavy atom. The summed E-state index contributed by atoms with van der Waals surface area (Å²) in [7, 11) is 0. The predicted molar refractivity (Wildman–Crippen MR) is 58.2 cm³/mol. The normalized spacial score (nSPS) is 9.85. The average molecular weight is 263 g/mol. The Bertz CT molecular complexity index is 328. The van der Waals surface area contributed by atoms with Gasteiger partial charge in [-0.1, -0.05) is 27.5 Å². The minimum Gasteiger partial charge on any atom is -0.326 e. The lowest BCUT2D eigenvalue weighted by Crippen LogP contribution is -2.05. The number of anilines is 1. The quantitative estimate of drug-likeness (QED) is 0.826. The molecule has 0 saturated carbocycles. The Morgan fingerprint density at radius 1 is 1.54 bits per heavy atom. The molecule has 0 saturated heterocycles. The van der Waals surface area contributed by atoms with E-state index in [0.29, 0.717) is 10.7 Å². The van der Waals surface area contributed by atoms with Gasteiger partial charge in [0.25, 0.3) is 0 Å². The zero-order valence-corrected chi connectivity index (χ0v) is 9.66. The summed E-state index contributed by atoms with van der Waals surface area (Å²) in [5.74, 6) is -0.105. The zero-order valence-electron chi connectivity index (χ0n) is 7.32. The molecule has 1 rings (SSSR count).